The summed E-state index contributed by atoms with van der Waals surface area (Å²) >= 11 is 3.33. The number of anilines is 1. The number of aliphatic carboxylic acids is 1. The van der Waals surface area contributed by atoms with Crippen LogP contribution >= 0.6 is 15.9 Å². The zero-order valence-electron chi connectivity index (χ0n) is 8.07. The maximum absolute atomic E-state index is 10.7. The topological polar surface area (TPSA) is 40.5 Å². The van der Waals surface area contributed by atoms with Gasteiger partial charge in [0.05, 0.1) is 0 Å². The molecule has 0 amide bonds. The Hall–Kier alpha value is -1.03. The van der Waals surface area contributed by atoms with Gasteiger partial charge in [-0.25, -0.2) is 4.79 Å². The third-order valence-corrected chi connectivity index (χ3v) is 2.70. The molecule has 0 bridgehead atoms. The van der Waals surface area contributed by atoms with Crippen LogP contribution in [-0.2, 0) is 4.79 Å². The highest BCUT2D eigenvalue weighted by Crippen LogP contribution is 2.18. The highest BCUT2D eigenvalue weighted by Gasteiger charge is 2.16. The summed E-state index contributed by atoms with van der Waals surface area (Å²) in [5.74, 6) is -0.824. The average Bonchev–Trinajstić information content (AvgIpc) is 2.16. The number of likely N-dealkylation sites (N-methyl/N-ethyl adjacent to an activating group) is 1. The van der Waals surface area contributed by atoms with Gasteiger partial charge in [0.2, 0.25) is 0 Å². The van der Waals surface area contributed by atoms with Crippen LogP contribution in [0.1, 0.15) is 6.92 Å². The van der Waals surface area contributed by atoms with Gasteiger partial charge in [-0.2, -0.15) is 0 Å². The van der Waals surface area contributed by atoms with E-state index in [2.05, 4.69) is 15.9 Å². The van der Waals surface area contributed by atoms with Crippen LogP contribution in [0.4, 0.5) is 5.69 Å². The van der Waals surface area contributed by atoms with Crippen LogP contribution in [0.25, 0.3) is 0 Å². The van der Waals surface area contributed by atoms with Crippen molar-refractivity contribution in [1.82, 2.24) is 0 Å². The number of carboxylic acid groups (broad SMARTS) is 1. The second-order valence-electron chi connectivity index (χ2n) is 3.10. The minimum Gasteiger partial charge on any atom is -0.480 e. The zero-order valence-corrected chi connectivity index (χ0v) is 9.65. The number of hydrogen-bond acceptors (Lipinski definition) is 2. The second kappa shape index (κ2) is 4.46. The fourth-order valence-electron chi connectivity index (χ4n) is 1.07. The van der Waals surface area contributed by atoms with E-state index in [0.717, 1.165) is 10.2 Å². The van der Waals surface area contributed by atoms with E-state index >= 15 is 0 Å². The molecule has 1 aromatic rings. The first-order valence-electron chi connectivity index (χ1n) is 4.23. The fraction of sp³-hybridized carbons (Fsp3) is 0.300. The first-order valence-corrected chi connectivity index (χ1v) is 5.03. The van der Waals surface area contributed by atoms with Gasteiger partial charge < -0.3 is 10.0 Å². The van der Waals surface area contributed by atoms with Gasteiger partial charge in [-0.05, 0) is 31.2 Å². The molecule has 1 rings (SSSR count). The van der Waals surface area contributed by atoms with Gasteiger partial charge in [-0.3, -0.25) is 0 Å². The number of carboxylic acids is 1. The molecule has 76 valence electrons. The van der Waals surface area contributed by atoms with Gasteiger partial charge >= 0.3 is 5.97 Å². The Morgan fingerprint density at radius 3 is 2.36 bits per heavy atom. The molecule has 0 fully saturated rings. The molecule has 3 nitrogen and oxygen atoms in total. The lowest BCUT2D eigenvalue weighted by molar-refractivity contribution is -0.138. The number of nitrogens with zero attached hydrogens (tertiary/aromatic N) is 1. The molecular weight excluding hydrogens is 246 g/mol. The van der Waals surface area contributed by atoms with E-state index in [1.54, 1.807) is 18.9 Å². The molecule has 0 aromatic heterocycles. The van der Waals surface area contributed by atoms with Gasteiger partial charge in [0.25, 0.3) is 0 Å². The third-order valence-electron chi connectivity index (χ3n) is 2.17. The Labute approximate surface area is 91.5 Å². The molecule has 0 radical (unpaired) electrons. The molecule has 1 atom stereocenters. The summed E-state index contributed by atoms with van der Waals surface area (Å²) in [6.45, 7) is 1.66. The molecule has 0 aliphatic rings. The van der Waals surface area contributed by atoms with E-state index in [1.165, 1.54) is 0 Å². The molecule has 1 N–H and O–H groups in total. The summed E-state index contributed by atoms with van der Waals surface area (Å²) in [5, 5.41) is 8.82. The average molecular weight is 258 g/mol. The lowest BCUT2D eigenvalue weighted by Crippen LogP contribution is -2.35. The van der Waals surface area contributed by atoms with Crippen LogP contribution in [0.5, 0.6) is 0 Å². The Balaban J connectivity index is 2.84. The van der Waals surface area contributed by atoms with Crippen molar-refractivity contribution in [3.05, 3.63) is 28.7 Å². The van der Waals surface area contributed by atoms with Crippen LogP contribution in [0.3, 0.4) is 0 Å². The highest BCUT2D eigenvalue weighted by atomic mass is 79.9. The third kappa shape index (κ3) is 2.48. The smallest absolute Gasteiger partial charge is 0.326 e. The molecule has 0 heterocycles. The van der Waals surface area contributed by atoms with Gasteiger partial charge in [0.15, 0.2) is 0 Å². The van der Waals surface area contributed by atoms with Crippen LogP contribution in [0.2, 0.25) is 0 Å². The molecule has 0 saturated carbocycles. The lowest BCUT2D eigenvalue weighted by Gasteiger charge is -2.23. The van der Waals surface area contributed by atoms with Gasteiger partial charge in [0.1, 0.15) is 6.04 Å². The number of benzene rings is 1. The Kier molecular flexibility index (Phi) is 3.52. The van der Waals surface area contributed by atoms with Crippen molar-refractivity contribution >= 4 is 27.6 Å². The zero-order chi connectivity index (χ0) is 10.7. The molecule has 0 saturated heterocycles. The van der Waals surface area contributed by atoms with Crippen molar-refractivity contribution in [2.45, 2.75) is 13.0 Å². The van der Waals surface area contributed by atoms with Gasteiger partial charge in [-0.1, -0.05) is 15.9 Å². The van der Waals surface area contributed by atoms with Crippen LogP contribution in [0, 0.1) is 0 Å². The second-order valence-corrected chi connectivity index (χ2v) is 4.02. The first-order chi connectivity index (χ1) is 6.52. The minimum absolute atomic E-state index is 0.517. The summed E-state index contributed by atoms with van der Waals surface area (Å²) in [7, 11) is 1.77. The Morgan fingerprint density at radius 1 is 1.43 bits per heavy atom. The van der Waals surface area contributed by atoms with Crippen molar-refractivity contribution in [2.24, 2.45) is 0 Å². The normalized spacial score (nSPS) is 12.2. The van der Waals surface area contributed by atoms with Crippen LogP contribution < -0.4 is 4.90 Å². The molecule has 14 heavy (non-hydrogen) atoms. The SMILES string of the molecule is C[C@@H](C(=O)O)N(C)c1ccc(Br)cc1. The van der Waals surface area contributed by atoms with E-state index in [4.69, 9.17) is 5.11 Å². The largest absolute Gasteiger partial charge is 0.480 e. The maximum Gasteiger partial charge on any atom is 0.326 e. The van der Waals surface area contributed by atoms with Gasteiger partial charge in [0, 0.05) is 17.2 Å². The molecule has 0 aliphatic carbocycles. The van der Waals surface area contributed by atoms with Gasteiger partial charge in [-0.15, -0.1) is 0 Å². The number of halogens is 1. The van der Waals surface area contributed by atoms with Crippen molar-refractivity contribution in [3.63, 3.8) is 0 Å². The molecule has 0 spiro atoms. The van der Waals surface area contributed by atoms with Crippen LogP contribution in [0.15, 0.2) is 28.7 Å². The summed E-state index contributed by atoms with van der Waals surface area (Å²) in [5.41, 5.74) is 0.892. The van der Waals surface area contributed by atoms with Crippen molar-refractivity contribution in [3.8, 4) is 0 Å². The highest BCUT2D eigenvalue weighted by molar-refractivity contribution is 9.10. The van der Waals surface area contributed by atoms with Crippen molar-refractivity contribution < 1.29 is 9.90 Å². The lowest BCUT2D eigenvalue weighted by atomic mass is 10.2. The molecule has 4 heteroatoms. The summed E-state index contributed by atoms with van der Waals surface area (Å²) < 4.78 is 0.984. The summed E-state index contributed by atoms with van der Waals surface area (Å²) in [4.78, 5) is 12.4. The number of carbonyl (C=O) groups is 1. The van der Waals surface area contributed by atoms with Crippen LogP contribution in [-0.4, -0.2) is 24.2 Å². The van der Waals surface area contributed by atoms with E-state index in [-0.39, 0.29) is 0 Å². The Bertz CT molecular complexity index is 323. The van der Waals surface area contributed by atoms with E-state index < -0.39 is 12.0 Å². The van der Waals surface area contributed by atoms with Crippen molar-refractivity contribution in [1.29, 1.82) is 0 Å². The number of hydrogen-bond donors (Lipinski definition) is 1. The molecular formula is C10H12BrNO2. The molecule has 0 aliphatic heterocycles. The minimum atomic E-state index is -0.824. The maximum atomic E-state index is 10.7. The van der Waals surface area contributed by atoms with E-state index in [1.807, 2.05) is 24.3 Å². The quantitative estimate of drug-likeness (QED) is 0.904. The standard InChI is InChI=1S/C10H12BrNO2/c1-7(10(13)14)12(2)9-5-3-8(11)4-6-9/h3-7H,1-2H3,(H,13,14)/t7-/m0/s1. The fourth-order valence-corrected chi connectivity index (χ4v) is 1.33. The van der Waals surface area contributed by atoms with E-state index in [0.29, 0.717) is 0 Å². The summed E-state index contributed by atoms with van der Waals surface area (Å²) in [6.07, 6.45) is 0. The Morgan fingerprint density at radius 2 is 1.93 bits per heavy atom. The molecule has 0 unspecified atom stereocenters. The van der Waals surface area contributed by atoms with Crippen molar-refractivity contribution in [2.75, 3.05) is 11.9 Å². The monoisotopic (exact) mass is 257 g/mol. The number of rotatable bonds is 3. The predicted octanol–water partition coefficient (Wildman–Crippen LogP) is 2.36. The summed E-state index contributed by atoms with van der Waals surface area (Å²) in [6, 6.07) is 7.02. The first kappa shape index (κ1) is 11.0. The van der Waals surface area contributed by atoms with E-state index in [9.17, 15) is 4.79 Å². The molecule has 1 aromatic carbocycles. The predicted molar refractivity (Wildman–Crippen MR) is 59.6 cm³/mol.